The Balaban J connectivity index is 2.45. The maximum atomic E-state index is 11.8. The van der Waals surface area contributed by atoms with Crippen LogP contribution in [0.3, 0.4) is 0 Å². The van der Waals surface area contributed by atoms with Crippen LogP contribution in [0.25, 0.3) is 0 Å². The first kappa shape index (κ1) is 14.1. The van der Waals surface area contributed by atoms with Crippen molar-refractivity contribution in [3.8, 4) is 0 Å². The number of rotatable bonds is 6. The highest BCUT2D eigenvalue weighted by atomic mass is 32.1. The zero-order valence-corrected chi connectivity index (χ0v) is 11.5. The van der Waals surface area contributed by atoms with Gasteiger partial charge in [-0.15, -0.1) is 11.3 Å². The smallest absolute Gasteiger partial charge is 0.237 e. The summed E-state index contributed by atoms with van der Waals surface area (Å²) in [6.45, 7) is 5.97. The summed E-state index contributed by atoms with van der Waals surface area (Å²) >= 11 is 1.56. The molecule has 0 saturated carbocycles. The second-order valence-corrected chi connectivity index (χ2v) is 5.20. The average molecular weight is 255 g/mol. The molecule has 1 heterocycles. The molecule has 0 bridgehead atoms. The van der Waals surface area contributed by atoms with E-state index < -0.39 is 6.04 Å². The number of hydrogen-bond donors (Lipinski definition) is 2. The Morgan fingerprint density at radius 1 is 1.65 bits per heavy atom. The Hall–Kier alpha value is -0.940. The molecule has 5 heteroatoms. The van der Waals surface area contributed by atoms with Gasteiger partial charge in [-0.3, -0.25) is 4.79 Å². The summed E-state index contributed by atoms with van der Waals surface area (Å²) in [5.74, 6) is -0.0844. The van der Waals surface area contributed by atoms with Gasteiger partial charge in [-0.05, 0) is 20.3 Å². The second-order valence-electron chi connectivity index (χ2n) is 4.31. The van der Waals surface area contributed by atoms with E-state index in [2.05, 4.69) is 17.2 Å². The lowest BCUT2D eigenvalue weighted by Gasteiger charge is -2.15. The van der Waals surface area contributed by atoms with E-state index in [9.17, 15) is 4.79 Å². The van der Waals surface area contributed by atoms with Gasteiger partial charge in [-0.2, -0.15) is 0 Å². The summed E-state index contributed by atoms with van der Waals surface area (Å²) in [7, 11) is 0. The first-order valence-electron chi connectivity index (χ1n) is 6.02. The summed E-state index contributed by atoms with van der Waals surface area (Å²) in [5, 5.41) is 5.81. The van der Waals surface area contributed by atoms with Gasteiger partial charge < -0.3 is 11.1 Å². The van der Waals surface area contributed by atoms with Gasteiger partial charge in [0.15, 0.2) is 0 Å². The number of carbonyl (C=O) groups is 1. The molecule has 1 amide bonds. The maximum Gasteiger partial charge on any atom is 0.237 e. The highest BCUT2D eigenvalue weighted by Crippen LogP contribution is 2.17. The van der Waals surface area contributed by atoms with Gasteiger partial charge in [0.05, 0.1) is 12.1 Å². The largest absolute Gasteiger partial charge is 0.346 e. The molecule has 0 radical (unpaired) electrons. The van der Waals surface area contributed by atoms with Crippen molar-refractivity contribution in [3.05, 3.63) is 16.1 Å². The van der Waals surface area contributed by atoms with Crippen molar-refractivity contribution in [3.63, 3.8) is 0 Å². The van der Waals surface area contributed by atoms with Crippen LogP contribution in [0.4, 0.5) is 0 Å². The molecule has 17 heavy (non-hydrogen) atoms. The number of nitrogens with one attached hydrogen (secondary N) is 1. The fourth-order valence-electron chi connectivity index (χ4n) is 1.51. The molecule has 1 rings (SSSR count). The lowest BCUT2D eigenvalue weighted by Crippen LogP contribution is -2.41. The van der Waals surface area contributed by atoms with Crippen LogP contribution in [0.15, 0.2) is 5.38 Å². The van der Waals surface area contributed by atoms with Crippen LogP contribution in [-0.4, -0.2) is 16.9 Å². The van der Waals surface area contributed by atoms with Crippen molar-refractivity contribution in [1.82, 2.24) is 10.3 Å². The third-order valence-electron chi connectivity index (χ3n) is 2.57. The quantitative estimate of drug-likeness (QED) is 0.818. The van der Waals surface area contributed by atoms with E-state index in [-0.39, 0.29) is 11.9 Å². The molecule has 96 valence electrons. The molecular formula is C12H21N3OS. The van der Waals surface area contributed by atoms with E-state index in [1.165, 1.54) is 0 Å². The molecule has 0 spiro atoms. The zero-order valence-electron chi connectivity index (χ0n) is 10.7. The molecule has 1 unspecified atom stereocenters. The van der Waals surface area contributed by atoms with E-state index in [1.54, 1.807) is 11.3 Å². The number of carbonyl (C=O) groups excluding carboxylic acids is 1. The molecule has 1 aromatic rings. The van der Waals surface area contributed by atoms with Crippen molar-refractivity contribution in [2.24, 2.45) is 5.73 Å². The average Bonchev–Trinajstić information content (AvgIpc) is 2.72. The molecule has 4 nitrogen and oxygen atoms in total. The Kier molecular flexibility index (Phi) is 5.58. The standard InChI is InChI=1S/C12H21N3OS/c1-4-5-6-10(13)11(16)15-9(3)12-14-8(2)7-17-12/h7,9-10H,4-6,13H2,1-3H3,(H,15,16)/t9?,10-/m0/s1. The number of aryl methyl sites for hydroxylation is 1. The molecule has 0 aliphatic heterocycles. The Morgan fingerprint density at radius 2 is 2.35 bits per heavy atom. The molecule has 3 N–H and O–H groups in total. The number of aromatic nitrogens is 1. The van der Waals surface area contributed by atoms with Gasteiger partial charge in [-0.25, -0.2) is 4.98 Å². The molecule has 0 aliphatic rings. The van der Waals surface area contributed by atoms with Crippen molar-refractivity contribution < 1.29 is 4.79 Å². The van der Waals surface area contributed by atoms with E-state index in [4.69, 9.17) is 5.73 Å². The Bertz CT molecular complexity index is 364. The summed E-state index contributed by atoms with van der Waals surface area (Å²) in [5.41, 5.74) is 6.79. The normalized spacial score (nSPS) is 14.4. The Labute approximate surface area is 107 Å². The first-order valence-corrected chi connectivity index (χ1v) is 6.90. The topological polar surface area (TPSA) is 68.0 Å². The summed E-state index contributed by atoms with van der Waals surface area (Å²) in [4.78, 5) is 16.1. The van der Waals surface area contributed by atoms with Gasteiger partial charge in [0.1, 0.15) is 5.01 Å². The van der Waals surface area contributed by atoms with Crippen LogP contribution in [0, 0.1) is 6.92 Å². The molecule has 0 aromatic carbocycles. The minimum Gasteiger partial charge on any atom is -0.346 e. The third kappa shape index (κ3) is 4.44. The number of nitrogens with two attached hydrogens (primary N) is 1. The number of amides is 1. The highest BCUT2D eigenvalue weighted by Gasteiger charge is 2.17. The zero-order chi connectivity index (χ0) is 12.8. The number of nitrogens with zero attached hydrogens (tertiary/aromatic N) is 1. The fourth-order valence-corrected chi connectivity index (χ4v) is 2.31. The van der Waals surface area contributed by atoms with Crippen LogP contribution >= 0.6 is 11.3 Å². The van der Waals surface area contributed by atoms with Crippen molar-refractivity contribution in [2.75, 3.05) is 0 Å². The highest BCUT2D eigenvalue weighted by molar-refractivity contribution is 7.09. The summed E-state index contributed by atoms with van der Waals surface area (Å²) in [6.07, 6.45) is 2.79. The van der Waals surface area contributed by atoms with Gasteiger partial charge in [0.2, 0.25) is 5.91 Å². The molecule has 0 saturated heterocycles. The van der Waals surface area contributed by atoms with Gasteiger partial charge in [0.25, 0.3) is 0 Å². The molecule has 2 atom stereocenters. The summed E-state index contributed by atoms with van der Waals surface area (Å²) in [6, 6.07) is -0.465. The van der Waals surface area contributed by atoms with Crippen molar-refractivity contribution >= 4 is 17.2 Å². The minimum absolute atomic E-state index is 0.0612. The minimum atomic E-state index is -0.404. The van der Waals surface area contributed by atoms with E-state index in [0.29, 0.717) is 0 Å². The van der Waals surface area contributed by atoms with Crippen LogP contribution < -0.4 is 11.1 Å². The molecule has 0 aliphatic carbocycles. The SMILES string of the molecule is CCCC[C@H](N)C(=O)NC(C)c1nc(C)cs1. The molecule has 1 aromatic heterocycles. The number of unbranched alkanes of at least 4 members (excludes halogenated alkanes) is 1. The number of thiazole rings is 1. The molecular weight excluding hydrogens is 234 g/mol. The Morgan fingerprint density at radius 3 is 2.88 bits per heavy atom. The van der Waals surface area contributed by atoms with Crippen LogP contribution in [0.5, 0.6) is 0 Å². The van der Waals surface area contributed by atoms with Crippen molar-refractivity contribution in [2.45, 2.75) is 52.1 Å². The van der Waals surface area contributed by atoms with E-state index >= 15 is 0 Å². The van der Waals surface area contributed by atoms with Crippen LogP contribution in [0.2, 0.25) is 0 Å². The van der Waals surface area contributed by atoms with E-state index in [0.717, 1.165) is 30.0 Å². The first-order chi connectivity index (χ1) is 8.04. The fraction of sp³-hybridized carbons (Fsp3) is 0.667. The van der Waals surface area contributed by atoms with Crippen LogP contribution in [0.1, 0.15) is 49.9 Å². The number of hydrogen-bond acceptors (Lipinski definition) is 4. The van der Waals surface area contributed by atoms with Gasteiger partial charge in [-0.1, -0.05) is 19.8 Å². The van der Waals surface area contributed by atoms with Crippen LogP contribution in [-0.2, 0) is 4.79 Å². The second kappa shape index (κ2) is 6.71. The lowest BCUT2D eigenvalue weighted by atomic mass is 10.1. The third-order valence-corrected chi connectivity index (χ3v) is 3.72. The monoisotopic (exact) mass is 255 g/mol. The van der Waals surface area contributed by atoms with E-state index in [1.807, 2.05) is 19.2 Å². The van der Waals surface area contributed by atoms with Crippen molar-refractivity contribution in [1.29, 1.82) is 0 Å². The van der Waals surface area contributed by atoms with Gasteiger partial charge >= 0.3 is 0 Å². The predicted molar refractivity (Wildman–Crippen MR) is 70.9 cm³/mol. The molecule has 0 fully saturated rings. The lowest BCUT2D eigenvalue weighted by molar-refractivity contribution is -0.123. The van der Waals surface area contributed by atoms with Gasteiger partial charge in [0, 0.05) is 11.1 Å². The predicted octanol–water partition coefficient (Wildman–Crippen LogP) is 2.15. The maximum absolute atomic E-state index is 11.8. The summed E-state index contributed by atoms with van der Waals surface area (Å²) < 4.78 is 0.